The summed E-state index contributed by atoms with van der Waals surface area (Å²) in [5.74, 6) is 1.88. The van der Waals surface area contributed by atoms with Gasteiger partial charge in [0, 0.05) is 49.9 Å². The van der Waals surface area contributed by atoms with Crippen molar-refractivity contribution in [2.45, 2.75) is 69.9 Å². The Labute approximate surface area is 207 Å². The number of piperazine rings is 1. The van der Waals surface area contributed by atoms with Gasteiger partial charge >= 0.3 is 0 Å². The van der Waals surface area contributed by atoms with Gasteiger partial charge in [-0.15, -0.1) is 0 Å². The number of hydrogen-bond donors (Lipinski definition) is 1. The molecule has 0 spiro atoms. The number of aromatic nitrogens is 1. The number of amides is 1. The first kappa shape index (κ1) is 23.9. The number of halogens is 1. The van der Waals surface area contributed by atoms with E-state index in [1.807, 2.05) is 18.2 Å². The predicted octanol–water partition coefficient (Wildman–Crippen LogP) is 4.63. The van der Waals surface area contributed by atoms with Crippen LogP contribution >= 0.6 is 11.6 Å². The lowest BCUT2D eigenvalue weighted by atomic mass is 9.84. The molecule has 0 bridgehead atoms. The maximum Gasteiger partial charge on any atom is 0.222 e. The Morgan fingerprint density at radius 1 is 1.09 bits per heavy atom. The number of fused-ring (bicyclic) bond motifs is 1. The Kier molecular flexibility index (Phi) is 7.92. The number of hydrogen-bond acceptors (Lipinski definition) is 6. The zero-order chi connectivity index (χ0) is 23.3. The van der Waals surface area contributed by atoms with Gasteiger partial charge in [0.1, 0.15) is 0 Å². The predicted molar refractivity (Wildman–Crippen MR) is 134 cm³/mol. The molecular formula is C26H37ClN4O3. The highest BCUT2D eigenvalue weighted by molar-refractivity contribution is 6.31. The SMILES string of the molecule is O=C(CC1CCCCO1)NC1CCC(CCN2CCN(c3noc4cc(Cl)ccc34)CC2)CC1. The Morgan fingerprint density at radius 2 is 1.91 bits per heavy atom. The van der Waals surface area contributed by atoms with Crippen molar-refractivity contribution in [3.63, 3.8) is 0 Å². The third kappa shape index (κ3) is 6.04. The van der Waals surface area contributed by atoms with Crippen molar-refractivity contribution in [1.82, 2.24) is 15.4 Å². The van der Waals surface area contributed by atoms with E-state index in [9.17, 15) is 4.79 Å². The first-order valence-electron chi connectivity index (χ1n) is 13.1. The fourth-order valence-corrected chi connectivity index (χ4v) is 5.89. The van der Waals surface area contributed by atoms with Crippen LogP contribution in [0.1, 0.15) is 57.8 Å². The summed E-state index contributed by atoms with van der Waals surface area (Å²) in [5, 5.41) is 9.28. The fourth-order valence-electron chi connectivity index (χ4n) is 5.73. The molecule has 2 aromatic rings. The van der Waals surface area contributed by atoms with Gasteiger partial charge in [0.25, 0.3) is 0 Å². The van der Waals surface area contributed by atoms with Crippen molar-refractivity contribution >= 4 is 34.3 Å². The molecular weight excluding hydrogens is 452 g/mol. The van der Waals surface area contributed by atoms with Gasteiger partial charge in [-0.3, -0.25) is 9.69 Å². The first-order valence-corrected chi connectivity index (χ1v) is 13.4. The Hall–Kier alpha value is -1.83. The summed E-state index contributed by atoms with van der Waals surface area (Å²) in [6.07, 6.45) is 9.92. The van der Waals surface area contributed by atoms with Gasteiger partial charge in [0.05, 0.1) is 17.9 Å². The molecule has 1 saturated carbocycles. The number of carbonyl (C=O) groups is 1. The molecule has 0 radical (unpaired) electrons. The van der Waals surface area contributed by atoms with Gasteiger partial charge in [-0.05, 0) is 76.0 Å². The Bertz CT molecular complexity index is 945. The molecule has 1 N–H and O–H groups in total. The van der Waals surface area contributed by atoms with Crippen LogP contribution in [-0.2, 0) is 9.53 Å². The molecule has 1 unspecified atom stereocenters. The minimum Gasteiger partial charge on any atom is -0.378 e. The van der Waals surface area contributed by atoms with Crippen LogP contribution in [0.25, 0.3) is 11.0 Å². The number of anilines is 1. The van der Waals surface area contributed by atoms with Crippen LogP contribution in [0.3, 0.4) is 0 Å². The van der Waals surface area contributed by atoms with Crippen LogP contribution in [0.4, 0.5) is 5.82 Å². The fraction of sp³-hybridized carbons (Fsp3) is 0.692. The van der Waals surface area contributed by atoms with E-state index < -0.39 is 0 Å². The molecule has 1 atom stereocenters. The van der Waals surface area contributed by atoms with E-state index in [2.05, 4.69) is 20.3 Å². The summed E-state index contributed by atoms with van der Waals surface area (Å²) in [7, 11) is 0. The topological polar surface area (TPSA) is 70.8 Å². The third-order valence-electron chi connectivity index (χ3n) is 7.84. The zero-order valence-electron chi connectivity index (χ0n) is 20.0. The Balaban J connectivity index is 0.992. The van der Waals surface area contributed by atoms with E-state index >= 15 is 0 Å². The molecule has 1 aliphatic carbocycles. The Morgan fingerprint density at radius 3 is 2.68 bits per heavy atom. The molecule has 1 aromatic carbocycles. The summed E-state index contributed by atoms with van der Waals surface area (Å²) < 4.78 is 11.2. The third-order valence-corrected chi connectivity index (χ3v) is 8.07. The van der Waals surface area contributed by atoms with Gasteiger partial charge in [0.15, 0.2) is 11.4 Å². The second-order valence-corrected chi connectivity index (χ2v) is 10.7. The van der Waals surface area contributed by atoms with E-state index in [4.69, 9.17) is 20.9 Å². The number of carbonyl (C=O) groups excluding carboxylic acids is 1. The molecule has 3 fully saturated rings. The number of nitrogens with zero attached hydrogens (tertiary/aromatic N) is 3. The summed E-state index contributed by atoms with van der Waals surface area (Å²) in [6, 6.07) is 6.07. The summed E-state index contributed by atoms with van der Waals surface area (Å²) in [4.78, 5) is 17.3. The van der Waals surface area contributed by atoms with Gasteiger partial charge in [-0.2, -0.15) is 0 Å². The van der Waals surface area contributed by atoms with Crippen molar-refractivity contribution in [3.05, 3.63) is 23.2 Å². The lowest BCUT2D eigenvalue weighted by Crippen LogP contribution is -2.47. The maximum atomic E-state index is 12.4. The molecule has 7 nitrogen and oxygen atoms in total. The van der Waals surface area contributed by atoms with Gasteiger partial charge in [-0.25, -0.2) is 0 Å². The molecule has 2 aliphatic heterocycles. The number of nitrogens with one attached hydrogen (secondary N) is 1. The summed E-state index contributed by atoms with van der Waals surface area (Å²) >= 11 is 6.07. The zero-order valence-corrected chi connectivity index (χ0v) is 20.8. The highest BCUT2D eigenvalue weighted by atomic mass is 35.5. The molecule has 8 heteroatoms. The molecule has 3 heterocycles. The van der Waals surface area contributed by atoms with Crippen LogP contribution < -0.4 is 10.2 Å². The summed E-state index contributed by atoms with van der Waals surface area (Å²) in [5.41, 5.74) is 0.749. The quantitative estimate of drug-likeness (QED) is 0.612. The van der Waals surface area contributed by atoms with Crippen LogP contribution in [0.5, 0.6) is 0 Å². The van der Waals surface area contributed by atoms with Crippen LogP contribution in [-0.4, -0.2) is 67.4 Å². The maximum absolute atomic E-state index is 12.4. The van der Waals surface area contributed by atoms with Crippen LogP contribution in [0.2, 0.25) is 5.02 Å². The largest absolute Gasteiger partial charge is 0.378 e. The molecule has 186 valence electrons. The van der Waals surface area contributed by atoms with E-state index in [1.165, 1.54) is 25.7 Å². The van der Waals surface area contributed by atoms with E-state index in [0.29, 0.717) is 17.5 Å². The molecule has 34 heavy (non-hydrogen) atoms. The van der Waals surface area contributed by atoms with E-state index in [0.717, 1.165) is 87.7 Å². The minimum atomic E-state index is 0.132. The molecule has 5 rings (SSSR count). The van der Waals surface area contributed by atoms with E-state index in [-0.39, 0.29) is 12.0 Å². The first-order chi connectivity index (χ1) is 16.6. The van der Waals surface area contributed by atoms with E-state index in [1.54, 1.807) is 0 Å². The molecule has 1 aromatic heterocycles. The second-order valence-electron chi connectivity index (χ2n) is 10.2. The van der Waals surface area contributed by atoms with Gasteiger partial charge < -0.3 is 19.5 Å². The number of benzene rings is 1. The van der Waals surface area contributed by atoms with Crippen molar-refractivity contribution in [2.24, 2.45) is 5.92 Å². The minimum absolute atomic E-state index is 0.132. The molecule has 2 saturated heterocycles. The molecule has 1 amide bonds. The van der Waals surface area contributed by atoms with Crippen LogP contribution in [0, 0.1) is 5.92 Å². The van der Waals surface area contributed by atoms with Crippen molar-refractivity contribution in [1.29, 1.82) is 0 Å². The number of ether oxygens (including phenoxy) is 1. The van der Waals surface area contributed by atoms with Crippen LogP contribution in [0.15, 0.2) is 22.7 Å². The van der Waals surface area contributed by atoms with Crippen molar-refractivity contribution in [3.8, 4) is 0 Å². The van der Waals surface area contributed by atoms with Gasteiger partial charge in [0.2, 0.25) is 5.91 Å². The highest BCUT2D eigenvalue weighted by Gasteiger charge is 2.26. The highest BCUT2D eigenvalue weighted by Crippen LogP contribution is 2.30. The van der Waals surface area contributed by atoms with Crippen molar-refractivity contribution < 1.29 is 14.1 Å². The second kappa shape index (κ2) is 11.3. The average molecular weight is 489 g/mol. The standard InChI is InChI=1S/C26H37ClN4O3/c27-20-6-9-23-24(17-20)34-29-26(23)31-14-12-30(13-15-31)11-10-19-4-7-21(8-5-19)28-25(32)18-22-3-1-2-16-33-22/h6,9,17,19,21-22H,1-5,7-8,10-16,18H2,(H,28,32). The lowest BCUT2D eigenvalue weighted by Gasteiger charge is -2.36. The monoisotopic (exact) mass is 488 g/mol. The normalized spacial score (nSPS) is 26.6. The van der Waals surface area contributed by atoms with Gasteiger partial charge in [-0.1, -0.05) is 16.8 Å². The lowest BCUT2D eigenvalue weighted by molar-refractivity contribution is -0.125. The summed E-state index contributed by atoms with van der Waals surface area (Å²) in [6.45, 7) is 6.00. The average Bonchev–Trinajstić information content (AvgIpc) is 3.27. The smallest absolute Gasteiger partial charge is 0.222 e. The van der Waals surface area contributed by atoms with Crippen molar-refractivity contribution in [2.75, 3.05) is 44.2 Å². The molecule has 3 aliphatic rings. The number of rotatable bonds is 7.